The van der Waals surface area contributed by atoms with Crippen LogP contribution in [-0.2, 0) is 6.54 Å². The molecular formula is C19H19F2N5O4. The van der Waals surface area contributed by atoms with Gasteiger partial charge in [0, 0.05) is 31.8 Å². The molecule has 1 aromatic carbocycles. The smallest absolute Gasteiger partial charge is 0.274 e. The summed E-state index contributed by atoms with van der Waals surface area (Å²) in [6.45, 7) is 0.0132. The van der Waals surface area contributed by atoms with Crippen molar-refractivity contribution in [3.63, 3.8) is 0 Å². The summed E-state index contributed by atoms with van der Waals surface area (Å²) >= 11 is 0. The number of hydrogen-bond acceptors (Lipinski definition) is 6. The molecule has 0 spiro atoms. The molecule has 0 saturated carbocycles. The van der Waals surface area contributed by atoms with Gasteiger partial charge in [0.25, 0.3) is 11.8 Å². The maximum absolute atomic E-state index is 13.9. The number of rotatable bonds is 4. The van der Waals surface area contributed by atoms with Gasteiger partial charge in [-0.2, -0.15) is 0 Å². The number of hydrazine groups is 1. The van der Waals surface area contributed by atoms with E-state index in [4.69, 9.17) is 5.84 Å². The Balaban J connectivity index is 1.77. The Kier molecular flexibility index (Phi) is 4.79. The number of hydrogen-bond donors (Lipinski definition) is 4. The molecule has 2 aromatic rings. The first kappa shape index (κ1) is 20.0. The molecule has 0 radical (unpaired) electrons. The predicted octanol–water partition coefficient (Wildman–Crippen LogP) is 0.297. The molecule has 2 amide bonds. The van der Waals surface area contributed by atoms with E-state index in [1.807, 2.05) is 0 Å². The molecule has 158 valence electrons. The standard InChI is InChI=1S/C19H19F2N5O4/c1-25-7-10-5-12(24-22)14-13(16(27)17(28)15(19(25)30)26(10)14)18(29)23-6-8-2-3-9(20)4-11(8)21/h2-4,10,12,24,28H,5-7,22H2,1H3,(H,23,29). The lowest BCUT2D eigenvalue weighted by Gasteiger charge is -2.32. The van der Waals surface area contributed by atoms with Gasteiger partial charge in [-0.1, -0.05) is 6.07 Å². The summed E-state index contributed by atoms with van der Waals surface area (Å²) in [4.78, 5) is 39.6. The first-order valence-corrected chi connectivity index (χ1v) is 9.19. The zero-order valence-corrected chi connectivity index (χ0v) is 15.9. The van der Waals surface area contributed by atoms with Crippen LogP contribution in [0.3, 0.4) is 0 Å². The third kappa shape index (κ3) is 2.94. The van der Waals surface area contributed by atoms with E-state index in [0.717, 1.165) is 6.07 Å². The number of nitrogens with zero attached hydrogens (tertiary/aromatic N) is 2. The molecule has 1 aromatic heterocycles. The Bertz CT molecular complexity index is 1130. The zero-order chi connectivity index (χ0) is 21.7. The highest BCUT2D eigenvalue weighted by Crippen LogP contribution is 2.41. The van der Waals surface area contributed by atoms with Crippen molar-refractivity contribution < 1.29 is 23.5 Å². The molecule has 2 aliphatic rings. The number of benzene rings is 1. The number of carbonyl (C=O) groups is 2. The summed E-state index contributed by atoms with van der Waals surface area (Å²) in [5, 5.41) is 12.9. The summed E-state index contributed by atoms with van der Waals surface area (Å²) in [6.07, 6.45) is 0.400. The van der Waals surface area contributed by atoms with Crippen LogP contribution >= 0.6 is 0 Å². The Morgan fingerprint density at radius 1 is 1.33 bits per heavy atom. The van der Waals surface area contributed by atoms with Crippen LogP contribution in [0, 0.1) is 11.6 Å². The lowest BCUT2D eigenvalue weighted by atomic mass is 10.0. The van der Waals surface area contributed by atoms with Crippen LogP contribution in [0.2, 0.25) is 0 Å². The van der Waals surface area contributed by atoms with E-state index in [1.165, 1.54) is 15.5 Å². The van der Waals surface area contributed by atoms with E-state index in [0.29, 0.717) is 19.0 Å². The second-order valence-electron chi connectivity index (χ2n) is 7.37. The van der Waals surface area contributed by atoms with E-state index >= 15 is 0 Å². The van der Waals surface area contributed by atoms with Gasteiger partial charge in [0.05, 0.1) is 17.8 Å². The molecule has 2 aliphatic heterocycles. The van der Waals surface area contributed by atoms with Crippen LogP contribution < -0.4 is 22.0 Å². The van der Waals surface area contributed by atoms with Gasteiger partial charge >= 0.3 is 0 Å². The van der Waals surface area contributed by atoms with Crippen LogP contribution in [-0.4, -0.2) is 40.0 Å². The van der Waals surface area contributed by atoms with Gasteiger partial charge in [-0.3, -0.25) is 25.7 Å². The van der Waals surface area contributed by atoms with Gasteiger partial charge in [0.2, 0.25) is 5.43 Å². The maximum Gasteiger partial charge on any atom is 0.274 e. The van der Waals surface area contributed by atoms with Gasteiger partial charge in [-0.25, -0.2) is 8.78 Å². The fraction of sp³-hybridized carbons (Fsp3) is 0.316. The fourth-order valence-electron chi connectivity index (χ4n) is 4.14. The fourth-order valence-corrected chi connectivity index (χ4v) is 4.14. The Hall–Kier alpha value is -3.31. The zero-order valence-electron chi connectivity index (χ0n) is 15.9. The van der Waals surface area contributed by atoms with Crippen molar-refractivity contribution in [1.82, 2.24) is 20.2 Å². The van der Waals surface area contributed by atoms with E-state index in [2.05, 4.69) is 10.7 Å². The Morgan fingerprint density at radius 3 is 2.73 bits per heavy atom. The number of likely N-dealkylation sites (N-methyl/N-ethyl adjacent to an activating group) is 1. The molecule has 0 saturated heterocycles. The van der Waals surface area contributed by atoms with Gasteiger partial charge in [0.15, 0.2) is 11.4 Å². The number of pyridine rings is 1. The van der Waals surface area contributed by atoms with Crippen molar-refractivity contribution in [2.24, 2.45) is 5.84 Å². The van der Waals surface area contributed by atoms with Gasteiger partial charge in [0.1, 0.15) is 17.2 Å². The number of aromatic hydroxyl groups is 1. The highest BCUT2D eigenvalue weighted by Gasteiger charge is 2.44. The van der Waals surface area contributed by atoms with E-state index in [9.17, 15) is 28.3 Å². The molecule has 2 unspecified atom stereocenters. The SMILES string of the molecule is CN1CC2CC(NN)c3c(C(=O)NCc4ccc(F)cc4F)c(=O)c(O)c(n32)C1=O. The molecule has 0 bridgehead atoms. The second-order valence-corrected chi connectivity index (χ2v) is 7.37. The number of nitrogens with one attached hydrogen (secondary N) is 2. The molecule has 2 atom stereocenters. The van der Waals surface area contributed by atoms with Crippen LogP contribution in [0.25, 0.3) is 0 Å². The monoisotopic (exact) mass is 419 g/mol. The van der Waals surface area contributed by atoms with Crippen molar-refractivity contribution >= 4 is 11.8 Å². The van der Waals surface area contributed by atoms with Crippen molar-refractivity contribution in [3.8, 4) is 5.75 Å². The highest BCUT2D eigenvalue weighted by atomic mass is 19.1. The van der Waals surface area contributed by atoms with E-state index in [-0.39, 0.29) is 35.1 Å². The van der Waals surface area contributed by atoms with Crippen LogP contribution in [0.5, 0.6) is 5.75 Å². The minimum Gasteiger partial charge on any atom is -0.503 e. The molecule has 0 aliphatic carbocycles. The Morgan fingerprint density at radius 2 is 2.07 bits per heavy atom. The molecule has 30 heavy (non-hydrogen) atoms. The molecule has 11 heteroatoms. The largest absolute Gasteiger partial charge is 0.503 e. The summed E-state index contributed by atoms with van der Waals surface area (Å²) in [5.41, 5.74) is 1.18. The molecule has 0 fully saturated rings. The van der Waals surface area contributed by atoms with Gasteiger partial charge in [-0.05, 0) is 12.5 Å². The Labute approximate surface area is 169 Å². The van der Waals surface area contributed by atoms with Crippen molar-refractivity contribution in [2.45, 2.75) is 25.0 Å². The first-order chi connectivity index (χ1) is 14.2. The normalized spacial score (nSPS) is 19.7. The number of halogens is 2. The molecule has 4 rings (SSSR count). The first-order valence-electron chi connectivity index (χ1n) is 9.19. The third-order valence-electron chi connectivity index (χ3n) is 5.54. The van der Waals surface area contributed by atoms with Crippen LogP contribution in [0.1, 0.15) is 50.6 Å². The number of nitrogens with two attached hydrogens (primary N) is 1. The highest BCUT2D eigenvalue weighted by molar-refractivity contribution is 6.00. The van der Waals surface area contributed by atoms with Crippen molar-refractivity contribution in [1.29, 1.82) is 0 Å². The number of carbonyl (C=O) groups excluding carboxylic acids is 2. The molecule has 5 N–H and O–H groups in total. The lowest BCUT2D eigenvalue weighted by Crippen LogP contribution is -2.42. The minimum atomic E-state index is -1.02. The van der Waals surface area contributed by atoms with Crippen LogP contribution in [0.15, 0.2) is 23.0 Å². The molecular weight excluding hydrogens is 400 g/mol. The summed E-state index contributed by atoms with van der Waals surface area (Å²) in [6, 6.07) is 2.01. The summed E-state index contributed by atoms with van der Waals surface area (Å²) < 4.78 is 28.4. The number of amides is 2. The maximum atomic E-state index is 13.9. The van der Waals surface area contributed by atoms with Gasteiger partial charge < -0.3 is 19.9 Å². The molecule has 9 nitrogen and oxygen atoms in total. The topological polar surface area (TPSA) is 130 Å². The molecule has 3 heterocycles. The second kappa shape index (κ2) is 7.18. The summed E-state index contributed by atoms with van der Waals surface area (Å²) in [7, 11) is 1.55. The quantitative estimate of drug-likeness (QED) is 0.417. The average Bonchev–Trinajstić information content (AvgIpc) is 3.05. The van der Waals surface area contributed by atoms with Crippen molar-refractivity contribution in [2.75, 3.05) is 13.6 Å². The number of aromatic nitrogens is 1. The lowest BCUT2D eigenvalue weighted by molar-refractivity contribution is 0.0713. The van der Waals surface area contributed by atoms with Crippen LogP contribution in [0.4, 0.5) is 8.78 Å². The van der Waals surface area contributed by atoms with Gasteiger partial charge in [-0.15, -0.1) is 0 Å². The summed E-state index contributed by atoms with van der Waals surface area (Å²) in [5.74, 6) is 1.78. The minimum absolute atomic E-state index is 0.0200. The van der Waals surface area contributed by atoms with E-state index < -0.39 is 40.7 Å². The predicted molar refractivity (Wildman–Crippen MR) is 101 cm³/mol. The van der Waals surface area contributed by atoms with E-state index in [1.54, 1.807) is 7.05 Å². The van der Waals surface area contributed by atoms with Crippen molar-refractivity contribution in [3.05, 3.63) is 62.6 Å². The third-order valence-corrected chi connectivity index (χ3v) is 5.54. The average molecular weight is 419 g/mol.